The highest BCUT2D eigenvalue weighted by Crippen LogP contribution is 2.29. The van der Waals surface area contributed by atoms with Gasteiger partial charge in [-0.2, -0.15) is 4.57 Å². The first-order valence-corrected chi connectivity index (χ1v) is 20.1. The summed E-state index contributed by atoms with van der Waals surface area (Å²) < 4.78 is 6.74. The van der Waals surface area contributed by atoms with Gasteiger partial charge in [0.05, 0.1) is 5.69 Å². The molecule has 7 rings (SSSR count). The van der Waals surface area contributed by atoms with E-state index in [9.17, 15) is 0 Å². The first kappa shape index (κ1) is 38.7. The van der Waals surface area contributed by atoms with Crippen LogP contribution in [0.15, 0.2) is 194 Å². The average molecular weight is 746 g/mol. The van der Waals surface area contributed by atoms with Crippen LogP contribution in [0.4, 0.5) is 5.69 Å². The first-order chi connectivity index (χ1) is 27.9. The number of benzene rings is 4. The van der Waals surface area contributed by atoms with Crippen molar-refractivity contribution in [3.8, 4) is 27.9 Å². The second-order valence-electron chi connectivity index (χ2n) is 15.2. The van der Waals surface area contributed by atoms with E-state index in [2.05, 4.69) is 231 Å². The summed E-state index contributed by atoms with van der Waals surface area (Å²) in [6, 6.07) is 47.8. The van der Waals surface area contributed by atoms with E-state index in [1.807, 2.05) is 12.3 Å². The number of nitrogens with zero attached hydrogens (tertiary/aromatic N) is 4. The number of hydrogen-bond donors (Lipinski definition) is 0. The molecule has 4 heteroatoms. The van der Waals surface area contributed by atoms with Crippen LogP contribution in [0.3, 0.4) is 0 Å². The van der Waals surface area contributed by atoms with Crippen molar-refractivity contribution in [2.75, 3.05) is 0 Å². The number of aromatic nitrogens is 3. The van der Waals surface area contributed by atoms with Gasteiger partial charge in [0.15, 0.2) is 50.3 Å². The number of rotatable bonds is 13. The Hall–Kier alpha value is -6.52. The Morgan fingerprint density at radius 2 is 1.04 bits per heavy atom. The Kier molecular flexibility index (Phi) is 12.5. The molecule has 57 heavy (non-hydrogen) atoms. The van der Waals surface area contributed by atoms with Crippen LogP contribution in [-0.4, -0.2) is 6.21 Å². The van der Waals surface area contributed by atoms with Crippen molar-refractivity contribution in [3.05, 3.63) is 217 Å². The minimum atomic E-state index is 0.422. The molecule has 0 radical (unpaired) electrons. The summed E-state index contributed by atoms with van der Waals surface area (Å²) in [7, 11) is 0. The largest absolute Gasteiger partial charge is 0.257 e. The maximum Gasteiger partial charge on any atom is 0.214 e. The van der Waals surface area contributed by atoms with E-state index in [1.165, 1.54) is 50.2 Å². The van der Waals surface area contributed by atoms with Crippen molar-refractivity contribution < 1.29 is 13.7 Å². The third-order valence-corrected chi connectivity index (χ3v) is 10.5. The monoisotopic (exact) mass is 745 g/mol. The maximum absolute atomic E-state index is 4.81. The summed E-state index contributed by atoms with van der Waals surface area (Å²) >= 11 is 0. The summed E-state index contributed by atoms with van der Waals surface area (Å²) in [5.74, 6) is 0.884. The number of para-hydroxylation sites is 2. The molecule has 0 saturated carbocycles. The van der Waals surface area contributed by atoms with Gasteiger partial charge in [0.25, 0.3) is 0 Å². The highest BCUT2D eigenvalue weighted by molar-refractivity contribution is 5.89. The molecule has 7 aromatic rings. The van der Waals surface area contributed by atoms with Crippen molar-refractivity contribution in [2.45, 2.75) is 59.5 Å². The number of pyridine rings is 3. The van der Waals surface area contributed by atoms with Crippen molar-refractivity contribution in [3.63, 3.8) is 0 Å². The van der Waals surface area contributed by atoms with Gasteiger partial charge in [-0.15, -0.1) is 0 Å². The molecule has 282 valence electrons. The molecule has 3 aromatic heterocycles. The smallest absolute Gasteiger partial charge is 0.214 e. The van der Waals surface area contributed by atoms with E-state index in [4.69, 9.17) is 4.99 Å². The topological polar surface area (TPSA) is 24.0 Å². The fourth-order valence-electron chi connectivity index (χ4n) is 7.45. The van der Waals surface area contributed by atoms with Gasteiger partial charge < -0.3 is 0 Å². The second kappa shape index (κ2) is 18.4. The second-order valence-corrected chi connectivity index (χ2v) is 15.2. The third kappa shape index (κ3) is 9.48. The van der Waals surface area contributed by atoms with E-state index in [0.29, 0.717) is 11.8 Å². The number of aliphatic imine (C=N–C) groups is 1. The maximum atomic E-state index is 4.81. The van der Waals surface area contributed by atoms with Gasteiger partial charge in [-0.1, -0.05) is 125 Å². The Morgan fingerprint density at radius 3 is 1.61 bits per heavy atom. The zero-order valence-corrected chi connectivity index (χ0v) is 33.8. The fraction of sp³-hybridized carbons (Fsp3) is 0.170. The zero-order chi connectivity index (χ0) is 39.6. The molecule has 0 unspecified atom stereocenters. The van der Waals surface area contributed by atoms with E-state index in [1.54, 1.807) is 0 Å². The lowest BCUT2D eigenvalue weighted by Crippen LogP contribution is -2.34. The summed E-state index contributed by atoms with van der Waals surface area (Å²) in [5, 5.41) is 0. The van der Waals surface area contributed by atoms with Crippen LogP contribution in [0.2, 0.25) is 0 Å². The SMILES string of the molecule is C/C=C\C(=C/C=Nc1ccccc1C(C)C)c1cc[n+](Cc2ccccc2-c2ccccc2C[n+]2ccc(-c3cc[n+](-c4ccccc4C(C)C)cc3)cc2)cc1. The highest BCUT2D eigenvalue weighted by atomic mass is 14.9. The quantitative estimate of drug-likeness (QED) is 0.0638. The lowest BCUT2D eigenvalue weighted by atomic mass is 9.95. The molecule has 3 heterocycles. The van der Waals surface area contributed by atoms with Gasteiger partial charge in [0.1, 0.15) is 0 Å². The van der Waals surface area contributed by atoms with Crippen LogP contribution in [0.25, 0.3) is 33.5 Å². The minimum Gasteiger partial charge on any atom is -0.257 e. The van der Waals surface area contributed by atoms with Gasteiger partial charge in [0.2, 0.25) is 5.69 Å². The van der Waals surface area contributed by atoms with Crippen LogP contribution >= 0.6 is 0 Å². The van der Waals surface area contributed by atoms with Gasteiger partial charge in [-0.05, 0) is 69.9 Å². The number of allylic oxidation sites excluding steroid dienone is 4. The molecule has 0 aliphatic heterocycles. The lowest BCUT2D eigenvalue weighted by Gasteiger charge is -2.12. The molecule has 0 spiro atoms. The zero-order valence-electron chi connectivity index (χ0n) is 33.8. The molecule has 0 saturated heterocycles. The van der Waals surface area contributed by atoms with E-state index in [-0.39, 0.29) is 0 Å². The molecule has 0 atom stereocenters. The average Bonchev–Trinajstić information content (AvgIpc) is 3.24. The molecule has 0 bridgehead atoms. The van der Waals surface area contributed by atoms with Crippen molar-refractivity contribution in [1.82, 2.24) is 0 Å². The van der Waals surface area contributed by atoms with Crippen LogP contribution in [0, 0.1) is 0 Å². The molecule has 4 nitrogen and oxygen atoms in total. The standard InChI is InChI=1S/C53H53N4/c1-6-15-42(24-31-54-52-22-13-11-18-48(52)40(2)3)43-25-32-55(33-26-43)38-46-16-7-9-20-50(46)51-21-10-8-17-47(51)39-56-34-27-44(28-35-56)45-29-36-57(37-30-45)53-23-14-12-19-49(53)41(4)5/h6-37,40-41H,38-39H2,1-5H3/q+3/b15-6-,42-24+,54-31?. The summed E-state index contributed by atoms with van der Waals surface area (Å²) in [6.45, 7) is 12.5. The van der Waals surface area contributed by atoms with E-state index < -0.39 is 0 Å². The fourth-order valence-corrected chi connectivity index (χ4v) is 7.45. The Labute approximate surface area is 339 Å². The summed E-state index contributed by atoms with van der Waals surface area (Å²) in [6.07, 6.45) is 21.3. The highest BCUT2D eigenvalue weighted by Gasteiger charge is 2.17. The van der Waals surface area contributed by atoms with Gasteiger partial charge in [-0.25, -0.2) is 9.13 Å². The minimum absolute atomic E-state index is 0.422. The van der Waals surface area contributed by atoms with Gasteiger partial charge >= 0.3 is 0 Å². The number of hydrogen-bond acceptors (Lipinski definition) is 1. The molecule has 0 fully saturated rings. The molecule has 0 aliphatic carbocycles. The predicted octanol–water partition coefficient (Wildman–Crippen LogP) is 11.6. The third-order valence-electron chi connectivity index (χ3n) is 10.5. The lowest BCUT2D eigenvalue weighted by molar-refractivity contribution is -0.688. The van der Waals surface area contributed by atoms with Gasteiger partial charge in [-0.3, -0.25) is 4.99 Å². The molecular weight excluding hydrogens is 693 g/mol. The predicted molar refractivity (Wildman–Crippen MR) is 236 cm³/mol. The van der Waals surface area contributed by atoms with Crippen LogP contribution in [-0.2, 0) is 13.1 Å². The molecular formula is C53H53N4+3. The Balaban J connectivity index is 1.06. The summed E-state index contributed by atoms with van der Waals surface area (Å²) in [5.41, 5.74) is 14.6. The van der Waals surface area contributed by atoms with Crippen LogP contribution in [0.5, 0.6) is 0 Å². The van der Waals surface area contributed by atoms with E-state index in [0.717, 1.165) is 29.9 Å². The van der Waals surface area contributed by atoms with Crippen molar-refractivity contribution >= 4 is 17.5 Å². The molecule has 0 N–H and O–H groups in total. The molecule has 4 aromatic carbocycles. The van der Waals surface area contributed by atoms with E-state index >= 15 is 0 Å². The Morgan fingerprint density at radius 1 is 0.544 bits per heavy atom. The Bertz CT molecular complexity index is 2500. The first-order valence-electron chi connectivity index (χ1n) is 20.1. The van der Waals surface area contributed by atoms with Crippen molar-refractivity contribution in [2.24, 2.45) is 4.99 Å². The summed E-state index contributed by atoms with van der Waals surface area (Å²) in [4.78, 5) is 4.81. The van der Waals surface area contributed by atoms with Crippen LogP contribution in [0.1, 0.15) is 74.3 Å². The van der Waals surface area contributed by atoms with Gasteiger partial charge in [0, 0.05) is 65.4 Å². The normalized spacial score (nSPS) is 12.0. The van der Waals surface area contributed by atoms with Crippen molar-refractivity contribution in [1.29, 1.82) is 0 Å². The molecule has 0 amide bonds. The van der Waals surface area contributed by atoms with Crippen LogP contribution < -0.4 is 13.7 Å². The molecule has 0 aliphatic rings.